The van der Waals surface area contributed by atoms with E-state index < -0.39 is 10.0 Å². The number of hydrogen-bond donors (Lipinski definition) is 1. The number of rotatable bonds is 5. The number of carbonyl (C=O) groups is 1. The number of carbonyl (C=O) groups excluding carboxylic acids is 1. The number of hydrogen-bond acceptors (Lipinski definition) is 4. The van der Waals surface area contributed by atoms with E-state index in [2.05, 4.69) is 11.8 Å². The van der Waals surface area contributed by atoms with Gasteiger partial charge in [0, 0.05) is 24.4 Å². The van der Waals surface area contributed by atoms with Crippen LogP contribution in [0.5, 0.6) is 0 Å². The molecule has 2 aliphatic rings. The molecule has 2 fully saturated rings. The number of benzene rings is 3. The predicted molar refractivity (Wildman–Crippen MR) is 133 cm³/mol. The lowest BCUT2D eigenvalue weighted by molar-refractivity contribution is -0.158. The molecule has 35 heavy (non-hydrogen) atoms. The molecule has 0 saturated carbocycles. The van der Waals surface area contributed by atoms with Crippen molar-refractivity contribution in [1.29, 1.82) is 0 Å². The minimum Gasteiger partial charge on any atom is -0.394 e. The van der Waals surface area contributed by atoms with Crippen LogP contribution in [0.4, 0.5) is 0 Å². The highest BCUT2D eigenvalue weighted by Gasteiger charge is 2.55. The van der Waals surface area contributed by atoms with E-state index in [0.29, 0.717) is 6.42 Å². The third kappa shape index (κ3) is 4.48. The molecule has 2 saturated heterocycles. The number of piperazine rings is 1. The van der Waals surface area contributed by atoms with Gasteiger partial charge in [-0.05, 0) is 35.4 Å². The molecule has 0 aromatic heterocycles. The van der Waals surface area contributed by atoms with Crippen molar-refractivity contribution in [2.75, 3.05) is 19.7 Å². The third-order valence-corrected chi connectivity index (χ3v) is 8.59. The highest BCUT2D eigenvalue weighted by Crippen LogP contribution is 2.43. The minimum absolute atomic E-state index is 0.149. The topological polar surface area (TPSA) is 77.9 Å². The molecule has 1 amide bonds. The molecule has 3 atom stereocenters. The van der Waals surface area contributed by atoms with Gasteiger partial charge in [-0.3, -0.25) is 4.79 Å². The Kier molecular flexibility index (Phi) is 6.44. The number of amides is 1. The van der Waals surface area contributed by atoms with Crippen LogP contribution >= 0.6 is 0 Å². The molecule has 0 radical (unpaired) electrons. The quantitative estimate of drug-likeness (QED) is 0.563. The first kappa shape index (κ1) is 23.3. The first-order valence-electron chi connectivity index (χ1n) is 11.6. The highest BCUT2D eigenvalue weighted by molar-refractivity contribution is 7.89. The lowest BCUT2D eigenvalue weighted by Gasteiger charge is -2.58. The maximum atomic E-state index is 13.1. The van der Waals surface area contributed by atoms with E-state index in [1.807, 2.05) is 54.6 Å². The van der Waals surface area contributed by atoms with Crippen molar-refractivity contribution in [1.82, 2.24) is 9.21 Å². The molecule has 2 aliphatic heterocycles. The average molecular weight is 487 g/mol. The van der Waals surface area contributed by atoms with Crippen LogP contribution < -0.4 is 0 Å². The molecule has 0 unspecified atom stereocenters. The van der Waals surface area contributed by atoms with Crippen molar-refractivity contribution in [2.24, 2.45) is 0 Å². The van der Waals surface area contributed by atoms with E-state index in [0.717, 1.165) is 16.7 Å². The Hall–Kier alpha value is -3.44. The standard InChI is InChI=1S/C28H26N2O4S/c31-20-26-28(23-16-14-22(15-17-23)11-7-10-21-8-3-1-4-9-21)25-18-29(19-27(32)30(25)26)35(33,34)24-12-5-2-6-13-24/h1-6,8-9,12-17,25-26,28,31H,10,18-20H2/t25-,26+,28+/m0/s1. The maximum Gasteiger partial charge on any atom is 0.243 e. The number of aliphatic hydroxyl groups excluding tert-OH is 1. The molecule has 1 N–H and O–H groups in total. The van der Waals surface area contributed by atoms with Gasteiger partial charge in [-0.2, -0.15) is 4.31 Å². The molecule has 178 valence electrons. The van der Waals surface area contributed by atoms with Crippen LogP contribution in [-0.2, 0) is 21.2 Å². The van der Waals surface area contributed by atoms with Crippen LogP contribution in [0.25, 0.3) is 0 Å². The van der Waals surface area contributed by atoms with Crippen LogP contribution in [-0.4, -0.2) is 60.4 Å². The van der Waals surface area contributed by atoms with Crippen molar-refractivity contribution in [3.63, 3.8) is 0 Å². The first-order valence-corrected chi connectivity index (χ1v) is 13.0. The van der Waals surface area contributed by atoms with Gasteiger partial charge in [0.25, 0.3) is 0 Å². The SMILES string of the molecule is O=C1CN(S(=O)(=O)c2ccccc2)C[C@H]2[C@@H](c3ccc(C#CCc4ccccc4)cc3)[C@@H](CO)N12. The summed E-state index contributed by atoms with van der Waals surface area (Å²) in [7, 11) is -3.78. The Bertz CT molecular complexity index is 1360. The summed E-state index contributed by atoms with van der Waals surface area (Å²) in [6, 6.07) is 25.4. The molecular formula is C28H26N2O4S. The van der Waals surface area contributed by atoms with E-state index in [9.17, 15) is 18.3 Å². The van der Waals surface area contributed by atoms with Crippen molar-refractivity contribution in [2.45, 2.75) is 29.3 Å². The van der Waals surface area contributed by atoms with Crippen LogP contribution in [0, 0.1) is 11.8 Å². The molecule has 0 aliphatic carbocycles. The second-order valence-corrected chi connectivity index (χ2v) is 10.8. The predicted octanol–water partition coefficient (Wildman–Crippen LogP) is 2.64. The summed E-state index contributed by atoms with van der Waals surface area (Å²) >= 11 is 0. The van der Waals surface area contributed by atoms with E-state index in [1.165, 1.54) is 4.31 Å². The van der Waals surface area contributed by atoms with Crippen molar-refractivity contribution in [3.05, 3.63) is 102 Å². The Morgan fingerprint density at radius 1 is 0.914 bits per heavy atom. The summed E-state index contributed by atoms with van der Waals surface area (Å²) in [5, 5.41) is 10.0. The van der Waals surface area contributed by atoms with E-state index >= 15 is 0 Å². The summed E-state index contributed by atoms with van der Waals surface area (Å²) in [6.07, 6.45) is 0.669. The highest BCUT2D eigenvalue weighted by atomic mass is 32.2. The van der Waals surface area contributed by atoms with Crippen LogP contribution in [0.3, 0.4) is 0 Å². The zero-order chi connectivity index (χ0) is 24.4. The molecule has 0 bridgehead atoms. The van der Waals surface area contributed by atoms with Gasteiger partial charge in [-0.1, -0.05) is 72.5 Å². The number of fused-ring (bicyclic) bond motifs is 1. The number of sulfonamides is 1. The molecule has 2 heterocycles. The van der Waals surface area contributed by atoms with Gasteiger partial charge < -0.3 is 10.0 Å². The van der Waals surface area contributed by atoms with Gasteiger partial charge in [0.2, 0.25) is 15.9 Å². The summed E-state index contributed by atoms with van der Waals surface area (Å²) in [5.41, 5.74) is 3.01. The second-order valence-electron chi connectivity index (χ2n) is 8.84. The zero-order valence-corrected chi connectivity index (χ0v) is 19.9. The van der Waals surface area contributed by atoms with Crippen molar-refractivity contribution < 1.29 is 18.3 Å². The van der Waals surface area contributed by atoms with Crippen LogP contribution in [0.1, 0.15) is 22.6 Å². The fourth-order valence-electron chi connectivity index (χ4n) is 5.03. The van der Waals surface area contributed by atoms with Gasteiger partial charge in [0.15, 0.2) is 0 Å². The van der Waals surface area contributed by atoms with E-state index in [4.69, 9.17) is 0 Å². The molecule has 3 aromatic carbocycles. The molecule has 6 nitrogen and oxygen atoms in total. The molecule has 5 rings (SSSR count). The smallest absolute Gasteiger partial charge is 0.243 e. The molecule has 3 aromatic rings. The lowest BCUT2D eigenvalue weighted by Crippen LogP contribution is -2.73. The van der Waals surface area contributed by atoms with Gasteiger partial charge in [-0.15, -0.1) is 0 Å². The number of aliphatic hydroxyl groups is 1. The van der Waals surface area contributed by atoms with Gasteiger partial charge in [0.1, 0.15) is 0 Å². The summed E-state index contributed by atoms with van der Waals surface area (Å²) in [5.74, 6) is 5.94. The lowest BCUT2D eigenvalue weighted by atomic mass is 9.74. The van der Waals surface area contributed by atoms with Gasteiger partial charge >= 0.3 is 0 Å². The summed E-state index contributed by atoms with van der Waals surface area (Å²) < 4.78 is 27.5. The Balaban J connectivity index is 1.34. The Morgan fingerprint density at radius 2 is 1.57 bits per heavy atom. The molecule has 0 spiro atoms. The average Bonchev–Trinajstić information content (AvgIpc) is 2.87. The zero-order valence-electron chi connectivity index (χ0n) is 19.1. The Morgan fingerprint density at radius 3 is 2.23 bits per heavy atom. The van der Waals surface area contributed by atoms with Crippen LogP contribution in [0.15, 0.2) is 89.8 Å². The summed E-state index contributed by atoms with van der Waals surface area (Å²) in [4.78, 5) is 14.7. The normalized spacial score (nSPS) is 22.0. The van der Waals surface area contributed by atoms with Crippen LogP contribution in [0.2, 0.25) is 0 Å². The first-order chi connectivity index (χ1) is 17.0. The Labute approximate surface area is 205 Å². The summed E-state index contributed by atoms with van der Waals surface area (Å²) in [6.45, 7) is -0.188. The van der Waals surface area contributed by atoms with Gasteiger partial charge in [-0.25, -0.2) is 8.42 Å². The second kappa shape index (κ2) is 9.67. The fraction of sp³-hybridized carbons (Fsp3) is 0.250. The monoisotopic (exact) mass is 486 g/mol. The third-order valence-electron chi connectivity index (χ3n) is 6.77. The molecule has 7 heteroatoms. The van der Waals surface area contributed by atoms with Gasteiger partial charge in [0.05, 0.1) is 30.1 Å². The maximum absolute atomic E-state index is 13.1. The molecular weight excluding hydrogens is 460 g/mol. The fourth-order valence-corrected chi connectivity index (χ4v) is 6.46. The van der Waals surface area contributed by atoms with E-state index in [1.54, 1.807) is 35.2 Å². The van der Waals surface area contributed by atoms with Crippen molar-refractivity contribution in [3.8, 4) is 11.8 Å². The van der Waals surface area contributed by atoms with E-state index in [-0.39, 0.29) is 48.5 Å². The largest absolute Gasteiger partial charge is 0.394 e. The van der Waals surface area contributed by atoms with Crippen molar-refractivity contribution >= 4 is 15.9 Å². The number of nitrogens with zero attached hydrogens (tertiary/aromatic N) is 2. The minimum atomic E-state index is -3.78.